The number of furan rings is 1. The molecule has 0 amide bonds. The number of para-hydroxylation sites is 3. The van der Waals surface area contributed by atoms with Gasteiger partial charge in [-0.1, -0.05) is 87.4 Å². The second-order valence-electron chi connectivity index (χ2n) is 15.2. The Labute approximate surface area is 321 Å². The predicted octanol–water partition coefficient (Wildman–Crippen LogP) is 12.6. The lowest BCUT2D eigenvalue weighted by Gasteiger charge is -2.35. The minimum absolute atomic E-state index is 0.267. The molecule has 0 N–H and O–H groups in total. The fraction of sp³-hybridized carbons (Fsp3) is 0.143. The molecule has 0 saturated heterocycles. The van der Waals surface area contributed by atoms with Gasteiger partial charge in [-0.15, -0.1) is 5.98 Å². The number of benzene rings is 5. The van der Waals surface area contributed by atoms with Crippen LogP contribution in [0.2, 0.25) is 6.82 Å². The van der Waals surface area contributed by atoms with Crippen molar-refractivity contribution in [3.8, 4) is 28.3 Å². The number of fused-ring (bicyclic) bond motifs is 9. The topological polar surface area (TPSA) is 48.8 Å². The summed E-state index contributed by atoms with van der Waals surface area (Å²) in [5, 5.41) is 4.51. The van der Waals surface area contributed by atoms with Crippen LogP contribution in [0.25, 0.3) is 94.9 Å². The smallest absolute Gasteiger partial charge is 0.161 e. The molecule has 0 radical (unpaired) electrons. The largest absolute Gasteiger partial charge is 0.454 e. The molecule has 6 heteroatoms. The summed E-state index contributed by atoms with van der Waals surface area (Å²) in [5.41, 5.74) is 16.3. The molecule has 0 fully saturated rings. The SMILES string of the molecule is CB/C=C\c1c(C)c2cc(-c3nc(-c4ccc5c(c4)C(C)(C)c4cccc6c7oc8ccccc8c7n-5c46)c4ccccc4n3)ccc2n1C(/C=C\C)=C/C. The standard InChI is InChI=1S/C49H41BN4O/c1-7-14-32(8-2)53-40(25-26-50-6)29(3)36-27-31(22-23-41(36)53)48-51-39-19-11-9-15-33(39)44(52-48)30-21-24-42-38(28-30)49(4,5)37-18-13-17-35-45(37)54(42)46-34-16-10-12-20-43(34)55-47(35)46/h7-28,50H,1-6H3/b14-7-,26-25-,32-8+. The molecule has 0 aliphatic carbocycles. The maximum absolute atomic E-state index is 6.55. The Morgan fingerprint density at radius 1 is 0.764 bits per heavy atom. The Hall–Kier alpha value is -6.40. The molecule has 0 unspecified atom stereocenters. The molecule has 5 heterocycles. The van der Waals surface area contributed by atoms with Gasteiger partial charge in [-0.25, -0.2) is 9.97 Å². The van der Waals surface area contributed by atoms with E-state index in [-0.39, 0.29) is 5.41 Å². The molecular weight excluding hydrogens is 671 g/mol. The first kappa shape index (κ1) is 33.2. The van der Waals surface area contributed by atoms with Crippen molar-refractivity contribution in [1.29, 1.82) is 0 Å². The summed E-state index contributed by atoms with van der Waals surface area (Å²) in [5.74, 6) is 2.95. The fourth-order valence-corrected chi connectivity index (χ4v) is 8.99. The third-order valence-corrected chi connectivity index (χ3v) is 11.7. The second kappa shape index (κ2) is 12.3. The zero-order valence-corrected chi connectivity index (χ0v) is 32.1. The molecule has 4 aromatic heterocycles. The van der Waals surface area contributed by atoms with Gasteiger partial charge in [-0.3, -0.25) is 0 Å². The Morgan fingerprint density at radius 2 is 1.55 bits per heavy atom. The van der Waals surface area contributed by atoms with Crippen LogP contribution in [0.3, 0.4) is 0 Å². The van der Waals surface area contributed by atoms with Crippen LogP contribution in [0.15, 0.2) is 132 Å². The summed E-state index contributed by atoms with van der Waals surface area (Å²) in [4.78, 5) is 10.6. The first-order valence-electron chi connectivity index (χ1n) is 19.3. The van der Waals surface area contributed by atoms with Crippen LogP contribution in [0.5, 0.6) is 0 Å². The number of rotatable bonds is 6. The van der Waals surface area contributed by atoms with E-state index in [2.05, 4.69) is 178 Å². The number of hydrogen-bond donors (Lipinski definition) is 0. The zero-order valence-electron chi connectivity index (χ0n) is 32.1. The lowest BCUT2D eigenvalue weighted by Crippen LogP contribution is -2.26. The summed E-state index contributed by atoms with van der Waals surface area (Å²) in [7, 11) is 0.974. The van der Waals surface area contributed by atoms with Crippen LogP contribution < -0.4 is 0 Å². The summed E-state index contributed by atoms with van der Waals surface area (Å²) >= 11 is 0. The highest BCUT2D eigenvalue weighted by Gasteiger charge is 2.37. The average Bonchev–Trinajstić information content (AvgIpc) is 3.84. The maximum Gasteiger partial charge on any atom is 0.161 e. The quantitative estimate of drug-likeness (QED) is 0.127. The zero-order chi connectivity index (χ0) is 37.6. The highest BCUT2D eigenvalue weighted by atomic mass is 16.3. The molecular formula is C49H41BN4O. The molecule has 266 valence electrons. The monoisotopic (exact) mass is 712 g/mol. The average molecular weight is 713 g/mol. The van der Waals surface area contributed by atoms with Gasteiger partial charge in [0.15, 0.2) is 11.4 Å². The van der Waals surface area contributed by atoms with Crippen molar-refractivity contribution >= 4 is 73.8 Å². The number of aromatic nitrogens is 4. The van der Waals surface area contributed by atoms with E-state index in [1.807, 2.05) is 6.07 Å². The number of allylic oxidation sites excluding steroid dienone is 4. The van der Waals surface area contributed by atoms with Crippen LogP contribution in [0, 0.1) is 6.92 Å². The lowest BCUT2D eigenvalue weighted by atomic mass is 9.74. The van der Waals surface area contributed by atoms with Gasteiger partial charge in [-0.2, -0.15) is 0 Å². The van der Waals surface area contributed by atoms with E-state index < -0.39 is 0 Å². The van der Waals surface area contributed by atoms with Gasteiger partial charge in [0.05, 0.1) is 27.9 Å². The molecule has 0 atom stereocenters. The van der Waals surface area contributed by atoms with Gasteiger partial charge in [0.1, 0.15) is 18.4 Å². The van der Waals surface area contributed by atoms with Gasteiger partial charge < -0.3 is 13.6 Å². The predicted molar refractivity (Wildman–Crippen MR) is 234 cm³/mol. The maximum atomic E-state index is 6.55. The van der Waals surface area contributed by atoms with Crippen LogP contribution in [0.4, 0.5) is 0 Å². The first-order chi connectivity index (χ1) is 26.8. The Kier molecular flexibility index (Phi) is 7.44. The van der Waals surface area contributed by atoms with Crippen molar-refractivity contribution in [3.05, 3.63) is 150 Å². The summed E-state index contributed by atoms with van der Waals surface area (Å²) in [6.07, 6.45) is 8.70. The van der Waals surface area contributed by atoms with E-state index in [9.17, 15) is 0 Å². The van der Waals surface area contributed by atoms with Crippen LogP contribution >= 0.6 is 0 Å². The Balaban J connectivity index is 1.18. The first-order valence-corrected chi connectivity index (χ1v) is 19.3. The van der Waals surface area contributed by atoms with E-state index in [1.165, 1.54) is 44.5 Å². The Morgan fingerprint density at radius 3 is 2.36 bits per heavy atom. The molecule has 55 heavy (non-hydrogen) atoms. The number of aryl methyl sites for hydroxylation is 1. The van der Waals surface area contributed by atoms with Gasteiger partial charge >= 0.3 is 0 Å². The number of nitrogens with zero attached hydrogens (tertiary/aromatic N) is 4. The summed E-state index contributed by atoms with van der Waals surface area (Å²) in [6.45, 7) is 13.2. The van der Waals surface area contributed by atoms with Gasteiger partial charge in [0.2, 0.25) is 0 Å². The molecule has 5 aromatic carbocycles. The minimum Gasteiger partial charge on any atom is -0.454 e. The molecule has 0 saturated carbocycles. The summed E-state index contributed by atoms with van der Waals surface area (Å²) < 4.78 is 11.3. The lowest BCUT2D eigenvalue weighted by molar-refractivity contribution is 0.630. The van der Waals surface area contributed by atoms with Crippen LogP contribution in [0.1, 0.15) is 50.1 Å². The fourth-order valence-electron chi connectivity index (χ4n) is 8.99. The van der Waals surface area contributed by atoms with E-state index in [1.54, 1.807) is 0 Å². The van der Waals surface area contributed by atoms with Gasteiger partial charge in [0, 0.05) is 49.5 Å². The normalized spacial score (nSPS) is 14.1. The third kappa shape index (κ3) is 4.73. The molecule has 0 spiro atoms. The molecule has 0 bridgehead atoms. The van der Waals surface area contributed by atoms with E-state index >= 15 is 0 Å². The van der Waals surface area contributed by atoms with Crippen LogP contribution in [-0.4, -0.2) is 26.4 Å². The van der Waals surface area contributed by atoms with Crippen molar-refractivity contribution in [3.63, 3.8) is 0 Å². The van der Waals surface area contributed by atoms with Crippen molar-refractivity contribution in [2.45, 2.75) is 46.9 Å². The molecule has 10 rings (SSSR count). The third-order valence-electron chi connectivity index (χ3n) is 11.7. The van der Waals surface area contributed by atoms with Crippen LogP contribution in [-0.2, 0) is 5.41 Å². The molecule has 5 nitrogen and oxygen atoms in total. The second-order valence-corrected chi connectivity index (χ2v) is 15.2. The van der Waals surface area contributed by atoms with E-state index in [4.69, 9.17) is 14.4 Å². The molecule has 9 aromatic rings. The van der Waals surface area contributed by atoms with E-state index in [0.717, 1.165) is 68.2 Å². The molecule has 1 aliphatic rings. The highest BCUT2D eigenvalue weighted by molar-refractivity contribution is 6.41. The van der Waals surface area contributed by atoms with Crippen molar-refractivity contribution in [1.82, 2.24) is 19.1 Å². The minimum atomic E-state index is -0.267. The highest BCUT2D eigenvalue weighted by Crippen LogP contribution is 2.50. The summed E-state index contributed by atoms with van der Waals surface area (Å²) in [6, 6.07) is 37.0. The van der Waals surface area contributed by atoms with Gasteiger partial charge in [0.25, 0.3) is 0 Å². The number of hydrogen-bond acceptors (Lipinski definition) is 3. The Bertz CT molecular complexity index is 3150. The molecule has 1 aliphatic heterocycles. The van der Waals surface area contributed by atoms with Crippen molar-refractivity contribution < 1.29 is 4.42 Å². The van der Waals surface area contributed by atoms with Crippen molar-refractivity contribution in [2.75, 3.05) is 0 Å². The van der Waals surface area contributed by atoms with E-state index in [0.29, 0.717) is 5.82 Å². The van der Waals surface area contributed by atoms with Gasteiger partial charge in [-0.05, 0) is 98.1 Å². The van der Waals surface area contributed by atoms with Crippen molar-refractivity contribution in [2.24, 2.45) is 0 Å².